The molecule has 6 heteroatoms. The first kappa shape index (κ1) is 12.1. The van der Waals surface area contributed by atoms with E-state index in [-0.39, 0.29) is 0 Å². The number of hydrogen-bond donors (Lipinski definition) is 1. The second kappa shape index (κ2) is 5.38. The molecule has 1 aromatic carbocycles. The van der Waals surface area contributed by atoms with E-state index in [1.54, 1.807) is 23.7 Å². The van der Waals surface area contributed by atoms with E-state index in [2.05, 4.69) is 20.2 Å². The fourth-order valence-corrected chi connectivity index (χ4v) is 2.79. The summed E-state index contributed by atoms with van der Waals surface area (Å²) in [4.78, 5) is 8.69. The summed E-state index contributed by atoms with van der Waals surface area (Å²) >= 11 is 1.60. The van der Waals surface area contributed by atoms with Crippen molar-refractivity contribution >= 4 is 22.4 Å². The maximum Gasteiger partial charge on any atom is 0.150 e. The normalized spacial score (nSPS) is 11.0. The molecule has 3 rings (SSSR count). The van der Waals surface area contributed by atoms with Crippen molar-refractivity contribution in [3.8, 4) is 10.6 Å². The summed E-state index contributed by atoms with van der Waals surface area (Å²) < 4.78 is 0. The van der Waals surface area contributed by atoms with Crippen molar-refractivity contribution in [3.63, 3.8) is 0 Å². The molecule has 0 fully saturated rings. The van der Waals surface area contributed by atoms with Gasteiger partial charge in [-0.3, -0.25) is 9.97 Å². The molecule has 5 nitrogen and oxygen atoms in total. The predicted octanol–water partition coefficient (Wildman–Crippen LogP) is 2.04. The Kier molecular flexibility index (Phi) is 3.43. The summed E-state index contributed by atoms with van der Waals surface area (Å²) in [7, 11) is 0. The zero-order chi connectivity index (χ0) is 13.1. The Morgan fingerprint density at radius 3 is 2.89 bits per heavy atom. The number of fused-ring (bicyclic) bond motifs is 1. The van der Waals surface area contributed by atoms with Crippen LogP contribution in [0.4, 0.5) is 0 Å². The fraction of sp³-hybridized carbons (Fsp3) is 0.231. The Labute approximate surface area is 114 Å². The lowest BCUT2D eigenvalue weighted by Crippen LogP contribution is -1.99. The van der Waals surface area contributed by atoms with E-state index in [1.165, 1.54) is 0 Å². The van der Waals surface area contributed by atoms with Crippen molar-refractivity contribution < 1.29 is 0 Å². The first-order valence-electron chi connectivity index (χ1n) is 6.11. The zero-order valence-corrected chi connectivity index (χ0v) is 11.1. The highest BCUT2D eigenvalue weighted by Gasteiger charge is 2.10. The Hall–Kier alpha value is -1.92. The Morgan fingerprint density at radius 2 is 2.00 bits per heavy atom. The molecule has 0 atom stereocenters. The highest BCUT2D eigenvalue weighted by atomic mass is 32.1. The average Bonchev–Trinajstić information content (AvgIpc) is 2.93. The van der Waals surface area contributed by atoms with Crippen LogP contribution in [0.1, 0.15) is 11.4 Å². The van der Waals surface area contributed by atoms with Crippen molar-refractivity contribution in [2.24, 2.45) is 5.73 Å². The quantitative estimate of drug-likeness (QED) is 0.785. The molecule has 0 unspecified atom stereocenters. The Bertz CT molecular complexity index is 689. The van der Waals surface area contributed by atoms with Gasteiger partial charge in [0.25, 0.3) is 0 Å². The molecular weight excluding hydrogens is 258 g/mol. The molecule has 2 aromatic heterocycles. The van der Waals surface area contributed by atoms with Crippen LogP contribution < -0.4 is 5.73 Å². The number of aromatic nitrogens is 4. The van der Waals surface area contributed by atoms with Crippen LogP contribution in [0.25, 0.3) is 21.6 Å². The van der Waals surface area contributed by atoms with Gasteiger partial charge in [-0.25, -0.2) is 0 Å². The van der Waals surface area contributed by atoms with E-state index in [1.807, 2.05) is 18.2 Å². The van der Waals surface area contributed by atoms with Gasteiger partial charge in [-0.15, -0.1) is 10.2 Å². The van der Waals surface area contributed by atoms with Crippen molar-refractivity contribution in [2.45, 2.75) is 12.8 Å². The van der Waals surface area contributed by atoms with E-state index in [9.17, 15) is 0 Å². The van der Waals surface area contributed by atoms with Gasteiger partial charge < -0.3 is 5.73 Å². The third-order valence-electron chi connectivity index (χ3n) is 2.79. The van der Waals surface area contributed by atoms with E-state index < -0.39 is 0 Å². The van der Waals surface area contributed by atoms with Crippen molar-refractivity contribution in [1.82, 2.24) is 20.2 Å². The van der Waals surface area contributed by atoms with E-state index in [4.69, 9.17) is 5.73 Å². The van der Waals surface area contributed by atoms with Crippen LogP contribution in [0.15, 0.2) is 30.6 Å². The maximum absolute atomic E-state index is 5.51. The van der Waals surface area contributed by atoms with Gasteiger partial charge in [-0.2, -0.15) is 0 Å². The number of para-hydroxylation sites is 1. The molecule has 19 heavy (non-hydrogen) atoms. The number of nitrogens with two attached hydrogens (primary N) is 1. The van der Waals surface area contributed by atoms with E-state index in [0.29, 0.717) is 6.54 Å². The molecule has 0 aliphatic rings. The van der Waals surface area contributed by atoms with Gasteiger partial charge in [-0.05, 0) is 25.1 Å². The standard InChI is InChI=1S/C13H13N5S/c14-6-2-5-11-17-18-13(19-11)9-3-1-4-10-12(9)16-8-7-15-10/h1,3-4,7-8H,2,5-6,14H2. The lowest BCUT2D eigenvalue weighted by Gasteiger charge is -2.00. The molecular formula is C13H13N5S. The van der Waals surface area contributed by atoms with Crippen molar-refractivity contribution in [1.29, 1.82) is 0 Å². The number of hydrogen-bond acceptors (Lipinski definition) is 6. The van der Waals surface area contributed by atoms with Crippen LogP contribution in [-0.4, -0.2) is 26.7 Å². The van der Waals surface area contributed by atoms with Crippen LogP contribution in [0.2, 0.25) is 0 Å². The van der Waals surface area contributed by atoms with Crippen molar-refractivity contribution in [3.05, 3.63) is 35.6 Å². The second-order valence-electron chi connectivity index (χ2n) is 4.12. The van der Waals surface area contributed by atoms with Gasteiger partial charge in [0.2, 0.25) is 0 Å². The summed E-state index contributed by atoms with van der Waals surface area (Å²) in [5.41, 5.74) is 8.24. The molecule has 2 N–H and O–H groups in total. The molecule has 0 bridgehead atoms. The monoisotopic (exact) mass is 271 g/mol. The number of benzene rings is 1. The van der Waals surface area contributed by atoms with Crippen LogP contribution in [0, 0.1) is 0 Å². The number of nitrogens with zero attached hydrogens (tertiary/aromatic N) is 4. The minimum absolute atomic E-state index is 0.675. The lowest BCUT2D eigenvalue weighted by atomic mass is 10.2. The highest BCUT2D eigenvalue weighted by Crippen LogP contribution is 2.28. The molecule has 0 amide bonds. The van der Waals surface area contributed by atoms with Gasteiger partial charge in [0, 0.05) is 24.4 Å². The van der Waals surface area contributed by atoms with Crippen LogP contribution >= 0.6 is 11.3 Å². The smallest absolute Gasteiger partial charge is 0.150 e. The van der Waals surface area contributed by atoms with Crippen LogP contribution in [0.3, 0.4) is 0 Å². The van der Waals surface area contributed by atoms with Gasteiger partial charge in [0.1, 0.15) is 10.0 Å². The molecule has 2 heterocycles. The summed E-state index contributed by atoms with van der Waals surface area (Å²) in [6, 6.07) is 5.92. The molecule has 96 valence electrons. The Morgan fingerprint density at radius 1 is 1.11 bits per heavy atom. The highest BCUT2D eigenvalue weighted by molar-refractivity contribution is 7.14. The van der Waals surface area contributed by atoms with Crippen LogP contribution in [-0.2, 0) is 6.42 Å². The molecule has 0 saturated heterocycles. The SMILES string of the molecule is NCCCc1nnc(-c2cccc3nccnc23)s1. The van der Waals surface area contributed by atoms with Gasteiger partial charge in [-0.1, -0.05) is 17.4 Å². The molecule has 0 aliphatic heterocycles. The first-order valence-corrected chi connectivity index (χ1v) is 6.92. The minimum Gasteiger partial charge on any atom is -0.330 e. The van der Waals surface area contributed by atoms with Gasteiger partial charge in [0.05, 0.1) is 11.0 Å². The summed E-state index contributed by atoms with van der Waals surface area (Å²) in [6.07, 6.45) is 5.20. The topological polar surface area (TPSA) is 77.6 Å². The van der Waals surface area contributed by atoms with Crippen LogP contribution in [0.5, 0.6) is 0 Å². The molecule has 0 aliphatic carbocycles. The summed E-state index contributed by atoms with van der Waals surface area (Å²) in [5.74, 6) is 0. The average molecular weight is 271 g/mol. The molecule has 3 aromatic rings. The lowest BCUT2D eigenvalue weighted by molar-refractivity contribution is 0.812. The summed E-state index contributed by atoms with van der Waals surface area (Å²) in [6.45, 7) is 0.675. The molecule has 0 saturated carbocycles. The molecule has 0 radical (unpaired) electrons. The fourth-order valence-electron chi connectivity index (χ4n) is 1.88. The molecule has 0 spiro atoms. The van der Waals surface area contributed by atoms with Crippen molar-refractivity contribution in [2.75, 3.05) is 6.54 Å². The Balaban J connectivity index is 2.02. The summed E-state index contributed by atoms with van der Waals surface area (Å²) in [5, 5.41) is 10.4. The van der Waals surface area contributed by atoms with Gasteiger partial charge in [0.15, 0.2) is 0 Å². The number of aryl methyl sites for hydroxylation is 1. The van der Waals surface area contributed by atoms with E-state index in [0.717, 1.165) is 39.5 Å². The number of rotatable bonds is 4. The second-order valence-corrected chi connectivity index (χ2v) is 5.18. The minimum atomic E-state index is 0.675. The van der Waals surface area contributed by atoms with Gasteiger partial charge >= 0.3 is 0 Å². The maximum atomic E-state index is 5.51. The largest absolute Gasteiger partial charge is 0.330 e. The zero-order valence-electron chi connectivity index (χ0n) is 10.3. The third-order valence-corrected chi connectivity index (χ3v) is 3.81. The first-order chi connectivity index (χ1) is 9.38. The van der Waals surface area contributed by atoms with E-state index >= 15 is 0 Å². The predicted molar refractivity (Wildman–Crippen MR) is 75.8 cm³/mol. The third kappa shape index (κ3) is 2.45.